The number of nitrogens with one attached hydrogen (secondary N) is 1. The number of aliphatic hydroxyl groups excluding tert-OH is 1. The summed E-state index contributed by atoms with van der Waals surface area (Å²) in [5.74, 6) is 0.174. The van der Waals surface area contributed by atoms with E-state index >= 15 is 0 Å². The lowest BCUT2D eigenvalue weighted by atomic mass is 10.0. The molecular weight excluding hydrogens is 445 g/mol. The summed E-state index contributed by atoms with van der Waals surface area (Å²) in [5.41, 5.74) is 3.08. The number of carbonyl (C=O) groups is 1. The Kier molecular flexibility index (Phi) is 6.30. The third-order valence-corrected chi connectivity index (χ3v) is 5.58. The second kappa shape index (κ2) is 9.18. The number of carbonyl (C=O) groups excluding carboxylic acids is 1. The maximum absolute atomic E-state index is 13.2. The molecule has 3 aromatic carbocycles. The van der Waals surface area contributed by atoms with E-state index in [0.717, 1.165) is 28.8 Å². The Bertz CT molecular complexity index is 1350. The molecule has 0 aliphatic heterocycles. The number of halogens is 3. The van der Waals surface area contributed by atoms with Crippen molar-refractivity contribution in [2.24, 2.45) is 7.05 Å². The molecule has 0 unspecified atom stereocenters. The molecule has 0 bridgehead atoms. The summed E-state index contributed by atoms with van der Waals surface area (Å²) in [7, 11) is 3.47. The molecule has 0 atom stereocenters. The zero-order chi connectivity index (χ0) is 24.5. The van der Waals surface area contributed by atoms with Gasteiger partial charge >= 0.3 is 6.18 Å². The number of hydrogen-bond acceptors (Lipinski definition) is 4. The van der Waals surface area contributed by atoms with Crippen LogP contribution in [-0.4, -0.2) is 40.8 Å². The van der Waals surface area contributed by atoms with Crippen molar-refractivity contribution in [3.63, 3.8) is 0 Å². The molecule has 0 fully saturated rings. The van der Waals surface area contributed by atoms with Crippen LogP contribution in [0.25, 0.3) is 22.2 Å². The lowest BCUT2D eigenvalue weighted by molar-refractivity contribution is -0.137. The first-order chi connectivity index (χ1) is 16.2. The highest BCUT2D eigenvalue weighted by molar-refractivity contribution is 5.98. The first-order valence-electron chi connectivity index (χ1n) is 10.6. The molecule has 0 aliphatic rings. The zero-order valence-electron chi connectivity index (χ0n) is 18.6. The van der Waals surface area contributed by atoms with E-state index in [0.29, 0.717) is 22.7 Å². The van der Waals surface area contributed by atoms with E-state index in [1.54, 1.807) is 43.3 Å². The molecule has 0 spiro atoms. The first-order valence-corrected chi connectivity index (χ1v) is 10.6. The molecule has 176 valence electrons. The summed E-state index contributed by atoms with van der Waals surface area (Å²) in [6.07, 6.45) is -4.44. The lowest BCUT2D eigenvalue weighted by Crippen LogP contribution is -2.26. The van der Waals surface area contributed by atoms with Gasteiger partial charge < -0.3 is 19.9 Å². The quantitative estimate of drug-likeness (QED) is 0.429. The zero-order valence-corrected chi connectivity index (χ0v) is 18.6. The Labute approximate surface area is 194 Å². The van der Waals surface area contributed by atoms with Crippen molar-refractivity contribution in [3.8, 4) is 11.1 Å². The molecule has 4 aromatic rings. The number of aryl methyl sites for hydroxylation is 1. The Morgan fingerprint density at radius 2 is 1.82 bits per heavy atom. The largest absolute Gasteiger partial charge is 0.416 e. The number of imidazole rings is 1. The van der Waals surface area contributed by atoms with Gasteiger partial charge in [0.25, 0.3) is 5.91 Å². The summed E-state index contributed by atoms with van der Waals surface area (Å²) < 4.78 is 41.4. The number of alkyl halides is 3. The van der Waals surface area contributed by atoms with Crippen LogP contribution in [0.15, 0.2) is 66.7 Å². The second-order valence-electron chi connectivity index (χ2n) is 7.81. The van der Waals surface area contributed by atoms with Crippen molar-refractivity contribution in [3.05, 3.63) is 77.9 Å². The van der Waals surface area contributed by atoms with Gasteiger partial charge in [-0.2, -0.15) is 13.2 Å². The van der Waals surface area contributed by atoms with Gasteiger partial charge in [0.2, 0.25) is 5.95 Å². The molecule has 0 aliphatic carbocycles. The number of aromatic nitrogens is 2. The highest BCUT2D eigenvalue weighted by Crippen LogP contribution is 2.35. The maximum atomic E-state index is 13.2. The van der Waals surface area contributed by atoms with Crippen LogP contribution in [0.1, 0.15) is 15.9 Å². The molecule has 2 N–H and O–H groups in total. The molecule has 0 saturated heterocycles. The monoisotopic (exact) mass is 468 g/mol. The Morgan fingerprint density at radius 3 is 2.56 bits per heavy atom. The fourth-order valence-electron chi connectivity index (χ4n) is 3.84. The number of hydrogen-bond donors (Lipinski definition) is 2. The minimum absolute atomic E-state index is 0.152. The van der Waals surface area contributed by atoms with Crippen molar-refractivity contribution >= 4 is 28.6 Å². The predicted molar refractivity (Wildman–Crippen MR) is 125 cm³/mol. The molecule has 1 amide bonds. The van der Waals surface area contributed by atoms with Crippen LogP contribution in [0.3, 0.4) is 0 Å². The Hall–Kier alpha value is -3.85. The van der Waals surface area contributed by atoms with Crippen LogP contribution in [0, 0.1) is 0 Å². The van der Waals surface area contributed by atoms with E-state index in [4.69, 9.17) is 10.1 Å². The topological polar surface area (TPSA) is 70.4 Å². The third kappa shape index (κ3) is 4.47. The predicted octanol–water partition coefficient (Wildman–Crippen LogP) is 4.75. The van der Waals surface area contributed by atoms with Gasteiger partial charge in [-0.1, -0.05) is 30.3 Å². The van der Waals surface area contributed by atoms with E-state index in [9.17, 15) is 18.0 Å². The van der Waals surface area contributed by atoms with Gasteiger partial charge in [0, 0.05) is 37.5 Å². The smallest absolute Gasteiger partial charge is 0.395 e. The van der Waals surface area contributed by atoms with Gasteiger partial charge in [-0.3, -0.25) is 4.79 Å². The van der Waals surface area contributed by atoms with Crippen molar-refractivity contribution in [1.82, 2.24) is 14.9 Å². The average molecular weight is 468 g/mol. The fourth-order valence-corrected chi connectivity index (χ4v) is 3.84. The Balaban J connectivity index is 1.76. The lowest BCUT2D eigenvalue weighted by Gasteiger charge is -2.19. The molecule has 0 saturated carbocycles. The number of rotatable bonds is 6. The van der Waals surface area contributed by atoms with Gasteiger partial charge in [0.05, 0.1) is 23.2 Å². The van der Waals surface area contributed by atoms with Gasteiger partial charge in [0.15, 0.2) is 0 Å². The third-order valence-electron chi connectivity index (χ3n) is 5.58. The van der Waals surface area contributed by atoms with Crippen molar-refractivity contribution in [2.75, 3.05) is 25.1 Å². The number of aliphatic hydroxyl groups is 1. The molecule has 34 heavy (non-hydrogen) atoms. The van der Waals surface area contributed by atoms with Crippen LogP contribution < -0.4 is 10.2 Å². The standard InChI is InChI=1S/C25H23F3N4O2/c1-31(19-9-4-8-18(15-19)25(26,27)28)24-30-22-20(10-5-11-21(22)32(24)2)16-6-3-7-17(14-16)23(34)29-12-13-33/h3-11,14-15,33H,12-13H2,1-2H3,(H,29,34). The summed E-state index contributed by atoms with van der Waals surface area (Å²) in [6.45, 7) is 0.00492. The number of nitrogens with zero attached hydrogens (tertiary/aromatic N) is 3. The molecule has 4 rings (SSSR count). The van der Waals surface area contributed by atoms with Crippen molar-refractivity contribution in [2.45, 2.75) is 6.18 Å². The first kappa shape index (κ1) is 23.3. The molecule has 9 heteroatoms. The Morgan fingerprint density at radius 1 is 1.09 bits per heavy atom. The number of benzene rings is 3. The fraction of sp³-hybridized carbons (Fsp3) is 0.200. The summed E-state index contributed by atoms with van der Waals surface area (Å²) in [5, 5.41) is 11.6. The van der Waals surface area contributed by atoms with E-state index in [-0.39, 0.29) is 19.1 Å². The van der Waals surface area contributed by atoms with Gasteiger partial charge in [-0.25, -0.2) is 4.98 Å². The molecule has 6 nitrogen and oxygen atoms in total. The van der Waals surface area contributed by atoms with Crippen LogP contribution in [-0.2, 0) is 13.2 Å². The number of anilines is 2. The van der Waals surface area contributed by atoms with E-state index in [2.05, 4.69) is 5.32 Å². The normalized spacial score (nSPS) is 11.6. The van der Waals surface area contributed by atoms with Crippen LogP contribution >= 0.6 is 0 Å². The van der Waals surface area contributed by atoms with E-state index in [1.807, 2.05) is 28.8 Å². The van der Waals surface area contributed by atoms with Crippen molar-refractivity contribution < 1.29 is 23.1 Å². The number of para-hydroxylation sites is 1. The highest BCUT2D eigenvalue weighted by Gasteiger charge is 2.31. The maximum Gasteiger partial charge on any atom is 0.416 e. The molecule has 1 aromatic heterocycles. The number of fused-ring (bicyclic) bond motifs is 1. The van der Waals surface area contributed by atoms with Gasteiger partial charge in [-0.15, -0.1) is 0 Å². The highest BCUT2D eigenvalue weighted by atomic mass is 19.4. The van der Waals surface area contributed by atoms with E-state index in [1.165, 1.54) is 6.07 Å². The minimum atomic E-state index is -4.44. The van der Waals surface area contributed by atoms with Crippen LogP contribution in [0.4, 0.5) is 24.8 Å². The van der Waals surface area contributed by atoms with Crippen LogP contribution in [0.2, 0.25) is 0 Å². The average Bonchev–Trinajstić information content (AvgIpc) is 3.18. The summed E-state index contributed by atoms with van der Waals surface area (Å²) >= 11 is 0. The molecule has 1 heterocycles. The van der Waals surface area contributed by atoms with Gasteiger partial charge in [-0.05, 0) is 42.0 Å². The summed E-state index contributed by atoms with van der Waals surface area (Å²) in [4.78, 5) is 18.7. The molecule has 0 radical (unpaired) electrons. The minimum Gasteiger partial charge on any atom is -0.395 e. The SMILES string of the molecule is CN(c1cccc(C(F)(F)F)c1)c1nc2c(-c3cccc(C(=O)NCCO)c3)cccc2n1C. The van der Waals surface area contributed by atoms with E-state index < -0.39 is 11.7 Å². The van der Waals surface area contributed by atoms with Gasteiger partial charge in [0.1, 0.15) is 0 Å². The number of amides is 1. The van der Waals surface area contributed by atoms with Crippen LogP contribution in [0.5, 0.6) is 0 Å². The molecular formula is C25H23F3N4O2. The second-order valence-corrected chi connectivity index (χ2v) is 7.81. The van der Waals surface area contributed by atoms with Crippen molar-refractivity contribution in [1.29, 1.82) is 0 Å². The summed E-state index contributed by atoms with van der Waals surface area (Å²) in [6, 6.07) is 17.8.